The molecule has 2 rings (SSSR count). The second kappa shape index (κ2) is 3.73. The molecule has 0 unspecified atom stereocenters. The molecule has 0 fully saturated rings. The van der Waals surface area contributed by atoms with Crippen molar-refractivity contribution in [1.29, 1.82) is 0 Å². The van der Waals surface area contributed by atoms with Gasteiger partial charge in [0.05, 0.1) is 10.2 Å². The Morgan fingerprint density at radius 3 is 2.80 bits per heavy atom. The van der Waals surface area contributed by atoms with Gasteiger partial charge in [-0.2, -0.15) is 0 Å². The average molecular weight is 262 g/mol. The molecule has 0 atom stereocenters. The number of rotatable bonds is 2. The first kappa shape index (κ1) is 10.9. The molecule has 0 aliphatic rings. The molecular formula is C9H8ClNO2S2. The van der Waals surface area contributed by atoms with Crippen LogP contribution in [0, 0.1) is 0 Å². The van der Waals surface area contributed by atoms with E-state index < -0.39 is 9.05 Å². The van der Waals surface area contributed by atoms with Gasteiger partial charge in [0.2, 0.25) is 0 Å². The Hall–Kier alpha value is -0.650. The standard InChI is InChI=1S/C9H8ClNO2S2/c1-2-6-3-7-9(11-5-14-7)8(4-6)15(10,12)13/h3-5H,2H2,1H3. The minimum atomic E-state index is -3.72. The largest absolute Gasteiger partial charge is 0.263 e. The van der Waals surface area contributed by atoms with E-state index in [-0.39, 0.29) is 4.90 Å². The first-order valence-electron chi connectivity index (χ1n) is 4.33. The fourth-order valence-electron chi connectivity index (χ4n) is 1.38. The van der Waals surface area contributed by atoms with E-state index in [1.165, 1.54) is 11.3 Å². The van der Waals surface area contributed by atoms with Gasteiger partial charge in [0.25, 0.3) is 9.05 Å². The van der Waals surface area contributed by atoms with Crippen LogP contribution in [0.5, 0.6) is 0 Å². The molecule has 0 aliphatic heterocycles. The lowest BCUT2D eigenvalue weighted by atomic mass is 10.2. The third kappa shape index (κ3) is 2.00. The van der Waals surface area contributed by atoms with Crippen LogP contribution in [0.15, 0.2) is 22.5 Å². The molecule has 0 bridgehead atoms. The van der Waals surface area contributed by atoms with Crippen molar-refractivity contribution in [3.63, 3.8) is 0 Å². The Morgan fingerprint density at radius 1 is 1.47 bits per heavy atom. The lowest BCUT2D eigenvalue weighted by Crippen LogP contribution is -1.94. The van der Waals surface area contributed by atoms with Crippen LogP contribution in [0.2, 0.25) is 0 Å². The first-order valence-corrected chi connectivity index (χ1v) is 7.52. The van der Waals surface area contributed by atoms with Gasteiger partial charge >= 0.3 is 0 Å². The van der Waals surface area contributed by atoms with Crippen molar-refractivity contribution in [3.8, 4) is 0 Å². The van der Waals surface area contributed by atoms with Crippen molar-refractivity contribution in [2.45, 2.75) is 18.2 Å². The van der Waals surface area contributed by atoms with E-state index in [2.05, 4.69) is 4.98 Å². The highest BCUT2D eigenvalue weighted by atomic mass is 35.7. The van der Waals surface area contributed by atoms with E-state index in [1.54, 1.807) is 11.6 Å². The molecule has 0 spiro atoms. The maximum Gasteiger partial charge on any atom is 0.263 e. The molecule has 1 aromatic carbocycles. The van der Waals surface area contributed by atoms with Gasteiger partial charge in [-0.3, -0.25) is 0 Å². The normalized spacial score (nSPS) is 12.1. The Morgan fingerprint density at radius 2 is 2.20 bits per heavy atom. The third-order valence-electron chi connectivity index (χ3n) is 2.13. The zero-order valence-corrected chi connectivity index (χ0v) is 10.3. The number of hydrogen-bond acceptors (Lipinski definition) is 4. The van der Waals surface area contributed by atoms with E-state index in [0.29, 0.717) is 5.52 Å². The molecule has 0 radical (unpaired) electrons. The van der Waals surface area contributed by atoms with Crippen LogP contribution < -0.4 is 0 Å². The smallest absolute Gasteiger partial charge is 0.243 e. The zero-order chi connectivity index (χ0) is 11.1. The quantitative estimate of drug-likeness (QED) is 0.781. The summed E-state index contributed by atoms with van der Waals surface area (Å²) >= 11 is 1.41. The van der Waals surface area contributed by atoms with Crippen molar-refractivity contribution in [1.82, 2.24) is 4.98 Å². The summed E-state index contributed by atoms with van der Waals surface area (Å²) in [5, 5.41) is 0. The van der Waals surface area contributed by atoms with Gasteiger partial charge in [-0.05, 0) is 24.1 Å². The molecule has 6 heteroatoms. The van der Waals surface area contributed by atoms with Gasteiger partial charge in [-0.25, -0.2) is 13.4 Å². The molecule has 2 aromatic rings. The zero-order valence-electron chi connectivity index (χ0n) is 7.90. The van der Waals surface area contributed by atoms with Crippen molar-refractivity contribution in [2.75, 3.05) is 0 Å². The van der Waals surface area contributed by atoms with Crippen molar-refractivity contribution in [2.24, 2.45) is 0 Å². The highest BCUT2D eigenvalue weighted by molar-refractivity contribution is 8.14. The van der Waals surface area contributed by atoms with Crippen LogP contribution in [0.25, 0.3) is 10.2 Å². The third-order valence-corrected chi connectivity index (χ3v) is 4.24. The van der Waals surface area contributed by atoms with Gasteiger partial charge in [0.1, 0.15) is 10.4 Å². The maximum absolute atomic E-state index is 11.3. The van der Waals surface area contributed by atoms with E-state index >= 15 is 0 Å². The number of aromatic nitrogens is 1. The van der Waals surface area contributed by atoms with Crippen molar-refractivity contribution >= 4 is 41.3 Å². The fraction of sp³-hybridized carbons (Fsp3) is 0.222. The number of fused-ring (bicyclic) bond motifs is 1. The highest BCUT2D eigenvalue weighted by Gasteiger charge is 2.17. The maximum atomic E-state index is 11.3. The van der Waals surface area contributed by atoms with Crippen LogP contribution in [-0.2, 0) is 15.5 Å². The summed E-state index contributed by atoms with van der Waals surface area (Å²) in [5.41, 5.74) is 3.04. The fourth-order valence-corrected chi connectivity index (χ4v) is 3.25. The Balaban J connectivity index is 2.86. The van der Waals surface area contributed by atoms with Gasteiger partial charge in [0.15, 0.2) is 0 Å². The summed E-state index contributed by atoms with van der Waals surface area (Å²) in [4.78, 5) is 4.13. The second-order valence-corrected chi connectivity index (χ2v) is 6.51. The van der Waals surface area contributed by atoms with Gasteiger partial charge < -0.3 is 0 Å². The summed E-state index contributed by atoms with van der Waals surface area (Å²) in [6.45, 7) is 1.97. The lowest BCUT2D eigenvalue weighted by molar-refractivity contribution is 0.610. The molecule has 3 nitrogen and oxygen atoms in total. The molecule has 0 saturated heterocycles. The van der Waals surface area contributed by atoms with Crippen LogP contribution >= 0.6 is 22.0 Å². The Bertz CT molecular complexity index is 604. The van der Waals surface area contributed by atoms with Gasteiger partial charge in [0, 0.05) is 10.7 Å². The highest BCUT2D eigenvalue weighted by Crippen LogP contribution is 2.29. The summed E-state index contributed by atoms with van der Waals surface area (Å²) in [5.74, 6) is 0. The van der Waals surface area contributed by atoms with E-state index in [4.69, 9.17) is 10.7 Å². The molecule has 0 aliphatic carbocycles. The number of aryl methyl sites for hydroxylation is 1. The first-order chi connectivity index (χ1) is 7.02. The molecule has 0 saturated carbocycles. The number of benzene rings is 1. The predicted molar refractivity (Wildman–Crippen MR) is 62.0 cm³/mol. The summed E-state index contributed by atoms with van der Waals surface area (Å²) < 4.78 is 23.5. The molecular weight excluding hydrogens is 254 g/mol. The SMILES string of the molecule is CCc1cc(S(=O)(=O)Cl)c2ncsc2c1. The number of thiazole rings is 1. The number of halogens is 1. The molecule has 80 valence electrons. The summed E-state index contributed by atoms with van der Waals surface area (Å²) in [6, 6.07) is 3.53. The Kier molecular flexibility index (Phi) is 2.70. The van der Waals surface area contributed by atoms with E-state index in [1.807, 2.05) is 13.0 Å². The van der Waals surface area contributed by atoms with Crippen LogP contribution in [0.3, 0.4) is 0 Å². The average Bonchev–Trinajstić information content (AvgIpc) is 2.61. The minimum Gasteiger partial charge on any atom is -0.243 e. The van der Waals surface area contributed by atoms with Crippen molar-refractivity contribution in [3.05, 3.63) is 23.2 Å². The Labute approximate surface area is 96.1 Å². The molecule has 15 heavy (non-hydrogen) atoms. The van der Waals surface area contributed by atoms with Gasteiger partial charge in [-0.1, -0.05) is 6.92 Å². The van der Waals surface area contributed by atoms with Crippen LogP contribution in [-0.4, -0.2) is 13.4 Å². The molecule has 1 aromatic heterocycles. The molecule has 1 heterocycles. The predicted octanol–water partition coefficient (Wildman–Crippen LogP) is 2.79. The van der Waals surface area contributed by atoms with E-state index in [9.17, 15) is 8.42 Å². The second-order valence-electron chi connectivity index (χ2n) is 3.08. The topological polar surface area (TPSA) is 47.0 Å². The monoisotopic (exact) mass is 261 g/mol. The lowest BCUT2D eigenvalue weighted by Gasteiger charge is -2.01. The molecule has 0 N–H and O–H groups in total. The van der Waals surface area contributed by atoms with E-state index in [0.717, 1.165) is 16.7 Å². The van der Waals surface area contributed by atoms with Crippen molar-refractivity contribution < 1.29 is 8.42 Å². The van der Waals surface area contributed by atoms with Crippen LogP contribution in [0.4, 0.5) is 0 Å². The summed E-state index contributed by atoms with van der Waals surface area (Å²) in [6.07, 6.45) is 0.771. The number of hydrogen-bond donors (Lipinski definition) is 0. The minimum absolute atomic E-state index is 0.111. The molecule has 0 amide bonds. The summed E-state index contributed by atoms with van der Waals surface area (Å²) in [7, 11) is 1.64. The van der Waals surface area contributed by atoms with Crippen LogP contribution in [0.1, 0.15) is 12.5 Å². The number of nitrogens with zero attached hydrogens (tertiary/aromatic N) is 1. The van der Waals surface area contributed by atoms with Gasteiger partial charge in [-0.15, -0.1) is 11.3 Å².